The summed E-state index contributed by atoms with van der Waals surface area (Å²) in [6, 6.07) is 12.3. The number of para-hydroxylation sites is 2. The van der Waals surface area contributed by atoms with Crippen LogP contribution in [-0.2, 0) is 21.8 Å². The van der Waals surface area contributed by atoms with Crippen LogP contribution in [0.25, 0.3) is 10.9 Å². The largest absolute Gasteiger partial charge is 0.506 e. The van der Waals surface area contributed by atoms with E-state index >= 15 is 0 Å². The molecule has 1 heterocycles. The van der Waals surface area contributed by atoms with Gasteiger partial charge in [-0.15, -0.1) is 0 Å². The van der Waals surface area contributed by atoms with Crippen molar-refractivity contribution in [2.75, 3.05) is 18.5 Å². The molecular formula is C19H18N2O6S. The summed E-state index contributed by atoms with van der Waals surface area (Å²) in [6.45, 7) is 0. The Labute approximate surface area is 161 Å². The maximum Gasteiger partial charge on any atom is 0.340 e. The molecule has 0 amide bonds. The van der Waals surface area contributed by atoms with Gasteiger partial charge in [0.05, 0.1) is 23.9 Å². The smallest absolute Gasteiger partial charge is 0.340 e. The van der Waals surface area contributed by atoms with Gasteiger partial charge in [0.1, 0.15) is 0 Å². The average molecular weight is 402 g/mol. The minimum Gasteiger partial charge on any atom is -0.506 e. The monoisotopic (exact) mass is 402 g/mol. The molecule has 9 heteroatoms. The molecule has 0 aliphatic carbocycles. The van der Waals surface area contributed by atoms with Crippen LogP contribution in [0.4, 0.5) is 5.69 Å². The van der Waals surface area contributed by atoms with Crippen LogP contribution in [0.1, 0.15) is 10.4 Å². The molecule has 8 nitrogen and oxygen atoms in total. The zero-order chi connectivity index (χ0) is 20.6. The molecule has 0 aliphatic heterocycles. The SMILES string of the molecule is COC(=O)c1ccccc1N(C)S(=O)(=O)c1c(O)c2ccccc2n(C)c1=O. The molecule has 146 valence electrons. The second kappa shape index (κ2) is 7.01. The number of rotatable bonds is 4. The number of carbonyl (C=O) groups is 1. The van der Waals surface area contributed by atoms with Gasteiger partial charge in [-0.25, -0.2) is 13.2 Å². The first-order chi connectivity index (χ1) is 13.2. The maximum absolute atomic E-state index is 13.2. The predicted octanol–water partition coefficient (Wildman–Crippen LogP) is 1.86. The average Bonchev–Trinajstić information content (AvgIpc) is 2.71. The third-order valence-corrected chi connectivity index (χ3v) is 6.30. The minimum atomic E-state index is -4.49. The lowest BCUT2D eigenvalue weighted by Crippen LogP contribution is -2.34. The Bertz CT molecular complexity index is 1250. The van der Waals surface area contributed by atoms with Crippen molar-refractivity contribution in [2.24, 2.45) is 7.05 Å². The van der Waals surface area contributed by atoms with E-state index in [-0.39, 0.29) is 16.6 Å². The Morgan fingerprint density at radius 2 is 1.71 bits per heavy atom. The lowest BCUT2D eigenvalue weighted by molar-refractivity contribution is 0.0601. The fraction of sp³-hybridized carbons (Fsp3) is 0.158. The van der Waals surface area contributed by atoms with Crippen LogP contribution in [0.3, 0.4) is 0 Å². The van der Waals surface area contributed by atoms with Gasteiger partial charge in [-0.05, 0) is 24.3 Å². The Kier molecular flexibility index (Phi) is 4.86. The van der Waals surface area contributed by atoms with Crippen LogP contribution in [0.15, 0.2) is 58.2 Å². The van der Waals surface area contributed by atoms with Crippen LogP contribution in [0.5, 0.6) is 5.75 Å². The number of anilines is 1. The molecule has 2 aromatic carbocycles. The molecule has 1 aromatic heterocycles. The summed E-state index contributed by atoms with van der Waals surface area (Å²) in [5.41, 5.74) is -0.461. The Morgan fingerprint density at radius 3 is 2.39 bits per heavy atom. The van der Waals surface area contributed by atoms with Crippen molar-refractivity contribution in [1.82, 2.24) is 4.57 Å². The molecule has 3 rings (SSSR count). The molecule has 1 N–H and O–H groups in total. The summed E-state index contributed by atoms with van der Waals surface area (Å²) < 4.78 is 33.1. The molecule has 0 radical (unpaired) electrons. The Hall–Kier alpha value is -3.33. The van der Waals surface area contributed by atoms with E-state index < -0.39 is 32.2 Å². The summed E-state index contributed by atoms with van der Waals surface area (Å²) in [6.07, 6.45) is 0. The molecule has 0 atom stereocenters. The molecule has 0 unspecified atom stereocenters. The molecule has 0 saturated carbocycles. The number of benzene rings is 2. The molecule has 28 heavy (non-hydrogen) atoms. The number of fused-ring (bicyclic) bond motifs is 1. The number of methoxy groups -OCH3 is 1. The number of ether oxygens (including phenoxy) is 1. The van der Waals surface area contributed by atoms with Gasteiger partial charge in [0, 0.05) is 19.5 Å². The van der Waals surface area contributed by atoms with Gasteiger partial charge < -0.3 is 14.4 Å². The van der Waals surface area contributed by atoms with Crippen LogP contribution in [0, 0.1) is 0 Å². The first-order valence-corrected chi connectivity index (χ1v) is 9.62. The molecule has 0 spiro atoms. The number of hydrogen-bond donors (Lipinski definition) is 1. The number of pyridine rings is 1. The fourth-order valence-electron chi connectivity index (χ4n) is 2.98. The zero-order valence-corrected chi connectivity index (χ0v) is 16.2. The first-order valence-electron chi connectivity index (χ1n) is 8.18. The predicted molar refractivity (Wildman–Crippen MR) is 104 cm³/mol. The van der Waals surface area contributed by atoms with Crippen molar-refractivity contribution in [3.8, 4) is 5.75 Å². The van der Waals surface area contributed by atoms with E-state index in [9.17, 15) is 23.1 Å². The number of hydrogen-bond acceptors (Lipinski definition) is 6. The van der Waals surface area contributed by atoms with Gasteiger partial charge >= 0.3 is 5.97 Å². The third-order valence-electron chi connectivity index (χ3n) is 4.50. The lowest BCUT2D eigenvalue weighted by atomic mass is 10.2. The van der Waals surface area contributed by atoms with Gasteiger partial charge in [-0.1, -0.05) is 24.3 Å². The van der Waals surface area contributed by atoms with Crippen molar-refractivity contribution in [3.63, 3.8) is 0 Å². The molecule has 0 bridgehead atoms. The van der Waals surface area contributed by atoms with Crippen molar-refractivity contribution in [1.29, 1.82) is 0 Å². The number of esters is 1. The van der Waals surface area contributed by atoms with Crippen molar-refractivity contribution < 1.29 is 23.1 Å². The summed E-state index contributed by atoms with van der Waals surface area (Å²) in [5, 5.41) is 10.8. The van der Waals surface area contributed by atoms with Crippen LogP contribution < -0.4 is 9.86 Å². The highest BCUT2D eigenvalue weighted by Gasteiger charge is 2.32. The number of carbonyl (C=O) groups excluding carboxylic acids is 1. The van der Waals surface area contributed by atoms with Gasteiger partial charge in [0.15, 0.2) is 10.6 Å². The zero-order valence-electron chi connectivity index (χ0n) is 15.4. The van der Waals surface area contributed by atoms with E-state index in [0.717, 1.165) is 8.87 Å². The third kappa shape index (κ3) is 2.89. The highest BCUT2D eigenvalue weighted by atomic mass is 32.2. The second-order valence-corrected chi connectivity index (χ2v) is 7.95. The molecule has 3 aromatic rings. The van der Waals surface area contributed by atoms with E-state index in [1.807, 2.05) is 0 Å². The Balaban J connectivity index is 2.28. The normalized spacial score (nSPS) is 11.4. The van der Waals surface area contributed by atoms with Gasteiger partial charge in [0.25, 0.3) is 15.6 Å². The summed E-state index contributed by atoms with van der Waals surface area (Å²) in [7, 11) is -0.689. The molecule has 0 aliphatic rings. The van der Waals surface area contributed by atoms with Crippen LogP contribution in [-0.4, -0.2) is 38.2 Å². The highest BCUT2D eigenvalue weighted by molar-refractivity contribution is 7.93. The Morgan fingerprint density at radius 1 is 1.11 bits per heavy atom. The van der Waals surface area contributed by atoms with E-state index in [1.165, 1.54) is 39.4 Å². The van der Waals surface area contributed by atoms with Gasteiger partial charge in [0.2, 0.25) is 0 Å². The summed E-state index contributed by atoms with van der Waals surface area (Å²) >= 11 is 0. The maximum atomic E-state index is 13.2. The number of aromatic nitrogens is 1. The van der Waals surface area contributed by atoms with Gasteiger partial charge in [-0.3, -0.25) is 9.10 Å². The number of aryl methyl sites for hydroxylation is 1. The van der Waals surface area contributed by atoms with Crippen LogP contribution in [0.2, 0.25) is 0 Å². The summed E-state index contributed by atoms with van der Waals surface area (Å²) in [5.74, 6) is -1.37. The molecule has 0 fully saturated rings. The van der Waals surface area contributed by atoms with E-state index in [2.05, 4.69) is 0 Å². The van der Waals surface area contributed by atoms with E-state index in [1.54, 1.807) is 30.3 Å². The first kappa shape index (κ1) is 19.4. The standard InChI is InChI=1S/C19H18N2O6S/c1-20-14-10-6-4-8-12(14)16(22)17(18(20)23)28(25,26)21(2)15-11-7-5-9-13(15)19(24)27-3/h4-11,22H,1-3H3. The van der Waals surface area contributed by atoms with Crippen molar-refractivity contribution in [3.05, 3.63) is 64.4 Å². The quantitative estimate of drug-likeness (QED) is 0.668. The van der Waals surface area contributed by atoms with Crippen molar-refractivity contribution in [2.45, 2.75) is 4.90 Å². The van der Waals surface area contributed by atoms with E-state index in [4.69, 9.17) is 4.74 Å². The number of aromatic hydroxyl groups is 1. The fourth-order valence-corrected chi connectivity index (χ4v) is 4.39. The number of nitrogens with zero attached hydrogens (tertiary/aromatic N) is 2. The second-order valence-electron chi connectivity index (χ2n) is 6.04. The highest BCUT2D eigenvalue weighted by Crippen LogP contribution is 2.32. The molecular weight excluding hydrogens is 384 g/mol. The van der Waals surface area contributed by atoms with Gasteiger partial charge in [-0.2, -0.15) is 0 Å². The molecule has 0 saturated heterocycles. The summed E-state index contributed by atoms with van der Waals surface area (Å²) in [4.78, 5) is 24.0. The van der Waals surface area contributed by atoms with E-state index in [0.29, 0.717) is 5.52 Å². The number of sulfonamides is 1. The minimum absolute atomic E-state index is 0.00757. The van der Waals surface area contributed by atoms with Crippen LogP contribution >= 0.6 is 0 Å². The van der Waals surface area contributed by atoms with Crippen molar-refractivity contribution >= 4 is 32.6 Å². The lowest BCUT2D eigenvalue weighted by Gasteiger charge is -2.22. The topological polar surface area (TPSA) is 106 Å².